The Balaban J connectivity index is 0.000000155. The molecule has 8 heteroatoms. The number of piperidine rings is 2. The van der Waals surface area contributed by atoms with Gasteiger partial charge in [0.15, 0.2) is 5.56 Å². The van der Waals surface area contributed by atoms with Crippen molar-refractivity contribution in [1.29, 1.82) is 0 Å². The number of esters is 1. The average Bonchev–Trinajstić information content (AvgIpc) is 3.74. The highest BCUT2D eigenvalue weighted by molar-refractivity contribution is 6.19. The fraction of sp³-hybridized carbons (Fsp3) is 0.472. The molecular formula is C36H45ClN2O5. The fourth-order valence-corrected chi connectivity index (χ4v) is 7.15. The summed E-state index contributed by atoms with van der Waals surface area (Å²) in [6, 6.07) is 25.6. The van der Waals surface area contributed by atoms with Crippen LogP contribution in [0.25, 0.3) is 0 Å². The third-order valence-electron chi connectivity index (χ3n) is 9.26. The number of alkyl halides is 1. The summed E-state index contributed by atoms with van der Waals surface area (Å²) in [6.07, 6.45) is 0. The zero-order valence-electron chi connectivity index (χ0n) is 26.4. The summed E-state index contributed by atoms with van der Waals surface area (Å²) >= 11 is 5.23. The molecule has 4 aliphatic rings. The second-order valence-corrected chi connectivity index (χ2v) is 12.7. The molecule has 3 aromatic carbocycles. The molecule has 0 amide bonds. The first-order valence-corrected chi connectivity index (χ1v) is 15.9. The summed E-state index contributed by atoms with van der Waals surface area (Å²) in [5, 5.41) is 3.42. The SMILES string of the molecule is CC(=O)OC(C)Cl.COc1ccc(C2[C@H]3CNC[C@@H]23)cc1.COc1ccc(CN2C[C@@H]3C(c4ccc(OC)cc4)[C@@H]3C2)cc1. The van der Waals surface area contributed by atoms with Gasteiger partial charge in [-0.05, 0) is 109 Å². The van der Waals surface area contributed by atoms with Crippen LogP contribution in [-0.2, 0) is 16.1 Å². The Labute approximate surface area is 266 Å². The van der Waals surface area contributed by atoms with Gasteiger partial charge in [-0.15, -0.1) is 0 Å². The van der Waals surface area contributed by atoms with Crippen LogP contribution in [0.2, 0.25) is 0 Å². The molecule has 7 rings (SSSR count). The number of halogens is 1. The summed E-state index contributed by atoms with van der Waals surface area (Å²) in [5.41, 5.74) is 3.83. The van der Waals surface area contributed by atoms with Crippen LogP contribution in [0.4, 0.5) is 0 Å². The predicted octanol–water partition coefficient (Wildman–Crippen LogP) is 6.31. The van der Waals surface area contributed by atoms with Crippen LogP contribution in [-0.4, -0.2) is 63.9 Å². The number of rotatable bonds is 8. The molecule has 2 aliphatic heterocycles. The summed E-state index contributed by atoms with van der Waals surface area (Å²) in [4.78, 5) is 12.5. The number of nitrogens with one attached hydrogen (secondary N) is 1. The van der Waals surface area contributed by atoms with Crippen LogP contribution < -0.4 is 19.5 Å². The standard InChI is InChI=1S/C20H23NO2.C12H15NO.C4H7ClO2/c1-22-16-7-3-14(4-8-16)11-21-12-18-19(13-21)20(18)15-5-9-17(23-2)10-6-15;1-14-9-4-2-8(3-5-9)12-10-6-13-7-11(10)12;1-3(5)7-4(2)6/h3-10,18-20H,11-13H2,1-2H3;2-5,10-13H,6-7H2,1H3;3H,1-2H3/t18-,19+,20?;10-,11+,12?;. The van der Waals surface area contributed by atoms with Crippen molar-refractivity contribution < 1.29 is 23.7 Å². The molecule has 44 heavy (non-hydrogen) atoms. The fourth-order valence-electron chi connectivity index (χ4n) is 7.02. The van der Waals surface area contributed by atoms with Gasteiger partial charge in [-0.2, -0.15) is 0 Å². The van der Waals surface area contributed by atoms with E-state index in [4.69, 9.17) is 25.8 Å². The number of methoxy groups -OCH3 is 3. The zero-order chi connectivity index (χ0) is 31.2. The van der Waals surface area contributed by atoms with Gasteiger partial charge in [0.05, 0.1) is 21.3 Å². The van der Waals surface area contributed by atoms with E-state index in [9.17, 15) is 4.79 Å². The van der Waals surface area contributed by atoms with Crippen molar-refractivity contribution in [3.63, 3.8) is 0 Å². The van der Waals surface area contributed by atoms with Crippen LogP contribution in [0.3, 0.4) is 0 Å². The van der Waals surface area contributed by atoms with E-state index in [0.29, 0.717) is 0 Å². The zero-order valence-corrected chi connectivity index (χ0v) is 27.1. The minimum Gasteiger partial charge on any atom is -0.497 e. The molecule has 2 saturated heterocycles. The molecule has 7 nitrogen and oxygen atoms in total. The van der Waals surface area contributed by atoms with Gasteiger partial charge in [0, 0.05) is 26.6 Å². The summed E-state index contributed by atoms with van der Waals surface area (Å²) in [6.45, 7) is 8.80. The van der Waals surface area contributed by atoms with Gasteiger partial charge in [-0.3, -0.25) is 9.69 Å². The van der Waals surface area contributed by atoms with Crippen molar-refractivity contribution >= 4 is 17.6 Å². The number of fused-ring (bicyclic) bond motifs is 2. The lowest BCUT2D eigenvalue weighted by molar-refractivity contribution is -0.142. The summed E-state index contributed by atoms with van der Waals surface area (Å²) < 4.78 is 20.0. The van der Waals surface area contributed by atoms with E-state index < -0.39 is 5.56 Å². The lowest BCUT2D eigenvalue weighted by atomic mass is 10.1. The number of ether oxygens (including phenoxy) is 4. The molecule has 2 aliphatic carbocycles. The number of carbonyl (C=O) groups excluding carboxylic acids is 1. The highest BCUT2D eigenvalue weighted by atomic mass is 35.5. The molecule has 236 valence electrons. The lowest BCUT2D eigenvalue weighted by Crippen LogP contribution is -2.23. The maximum Gasteiger partial charge on any atom is 0.304 e. The number of benzene rings is 3. The first-order valence-electron chi connectivity index (χ1n) is 15.5. The van der Waals surface area contributed by atoms with Gasteiger partial charge < -0.3 is 24.3 Å². The minimum atomic E-state index is -0.502. The molecule has 3 aromatic rings. The molecule has 4 fully saturated rings. The second kappa shape index (κ2) is 14.7. The molecule has 0 radical (unpaired) electrons. The maximum absolute atomic E-state index is 9.95. The molecule has 0 aromatic heterocycles. The van der Waals surface area contributed by atoms with Gasteiger partial charge in [0.2, 0.25) is 0 Å². The lowest BCUT2D eigenvalue weighted by Gasteiger charge is -2.19. The van der Waals surface area contributed by atoms with E-state index in [1.807, 2.05) is 12.1 Å². The van der Waals surface area contributed by atoms with Crippen molar-refractivity contribution in [1.82, 2.24) is 10.2 Å². The van der Waals surface area contributed by atoms with Crippen molar-refractivity contribution in [3.05, 3.63) is 89.5 Å². The molecule has 3 unspecified atom stereocenters. The van der Waals surface area contributed by atoms with E-state index in [-0.39, 0.29) is 5.97 Å². The third-order valence-corrected chi connectivity index (χ3v) is 9.35. The largest absolute Gasteiger partial charge is 0.497 e. The molecule has 0 spiro atoms. The van der Waals surface area contributed by atoms with Crippen LogP contribution >= 0.6 is 11.6 Å². The van der Waals surface area contributed by atoms with Crippen molar-refractivity contribution in [2.75, 3.05) is 47.5 Å². The van der Waals surface area contributed by atoms with Gasteiger partial charge in [-0.1, -0.05) is 48.0 Å². The van der Waals surface area contributed by atoms with Crippen LogP contribution in [0.15, 0.2) is 72.8 Å². The number of hydrogen-bond acceptors (Lipinski definition) is 7. The van der Waals surface area contributed by atoms with Crippen molar-refractivity contribution in [3.8, 4) is 17.2 Å². The molecule has 1 N–H and O–H groups in total. The average molecular weight is 621 g/mol. The van der Waals surface area contributed by atoms with Crippen LogP contribution in [0.5, 0.6) is 17.2 Å². The van der Waals surface area contributed by atoms with Crippen molar-refractivity contribution in [2.45, 2.75) is 37.8 Å². The maximum atomic E-state index is 9.95. The van der Waals surface area contributed by atoms with Crippen LogP contribution in [0, 0.1) is 23.7 Å². The number of carbonyl (C=O) groups is 1. The van der Waals surface area contributed by atoms with E-state index in [0.717, 1.165) is 59.3 Å². The molecule has 2 heterocycles. The molecule has 0 bridgehead atoms. The third kappa shape index (κ3) is 8.06. The first kappa shape index (κ1) is 32.1. The predicted molar refractivity (Wildman–Crippen MR) is 174 cm³/mol. The number of nitrogens with zero attached hydrogens (tertiary/aromatic N) is 1. The Morgan fingerprint density at radius 2 is 1.16 bits per heavy atom. The Morgan fingerprint density at radius 3 is 1.52 bits per heavy atom. The van der Waals surface area contributed by atoms with Gasteiger partial charge >= 0.3 is 5.97 Å². The quantitative estimate of drug-likeness (QED) is 0.234. The van der Waals surface area contributed by atoms with Gasteiger partial charge in [0.1, 0.15) is 17.2 Å². The van der Waals surface area contributed by atoms with Gasteiger partial charge in [0.25, 0.3) is 0 Å². The normalized spacial score (nSPS) is 26.4. The smallest absolute Gasteiger partial charge is 0.304 e. The highest BCUT2D eigenvalue weighted by Crippen LogP contribution is 2.58. The monoisotopic (exact) mass is 620 g/mol. The van der Waals surface area contributed by atoms with E-state index in [1.165, 1.54) is 49.8 Å². The van der Waals surface area contributed by atoms with E-state index in [1.54, 1.807) is 28.3 Å². The Hall–Kier alpha value is -3.26. The summed E-state index contributed by atoms with van der Waals surface area (Å²) in [7, 11) is 5.14. The minimum absolute atomic E-state index is 0.345. The molecule has 2 saturated carbocycles. The van der Waals surface area contributed by atoms with E-state index in [2.05, 4.69) is 75.6 Å². The van der Waals surface area contributed by atoms with E-state index >= 15 is 0 Å². The summed E-state index contributed by atoms with van der Waals surface area (Å²) in [5.74, 6) is 7.55. The molecular weight excluding hydrogens is 576 g/mol. The van der Waals surface area contributed by atoms with Crippen LogP contribution in [0.1, 0.15) is 42.4 Å². The second-order valence-electron chi connectivity index (χ2n) is 12.1. The number of likely N-dealkylation sites (tertiary alicyclic amines) is 1. The highest BCUT2D eigenvalue weighted by Gasteiger charge is 2.56. The first-order chi connectivity index (χ1) is 21.3. The molecule has 7 atom stereocenters. The Kier molecular flexibility index (Phi) is 10.7. The topological polar surface area (TPSA) is 69.3 Å². The number of hydrogen-bond donors (Lipinski definition) is 1. The van der Waals surface area contributed by atoms with Crippen molar-refractivity contribution in [2.24, 2.45) is 23.7 Å². The van der Waals surface area contributed by atoms with Gasteiger partial charge in [-0.25, -0.2) is 0 Å². The Bertz CT molecular complexity index is 1330. The Morgan fingerprint density at radius 1 is 0.750 bits per heavy atom.